The largest absolute Gasteiger partial charge is 0.458 e. The van der Waals surface area contributed by atoms with Gasteiger partial charge in [0.25, 0.3) is 6.33 Å². The van der Waals surface area contributed by atoms with Crippen molar-refractivity contribution in [2.45, 2.75) is 33.1 Å². The zero-order valence-electron chi connectivity index (χ0n) is 27.6. The molecule has 0 spiro atoms. The summed E-state index contributed by atoms with van der Waals surface area (Å²) >= 11 is 0. The van der Waals surface area contributed by atoms with Crippen molar-refractivity contribution in [3.05, 3.63) is 163 Å². The first-order valence-corrected chi connectivity index (χ1v) is 16.3. The third kappa shape index (κ3) is 5.43. The second-order valence-electron chi connectivity index (χ2n) is 13.3. The Bertz CT molecular complexity index is 2430. The van der Waals surface area contributed by atoms with E-state index in [1.54, 1.807) is 0 Å². The Morgan fingerprint density at radius 3 is 2.31 bits per heavy atom. The van der Waals surface area contributed by atoms with Gasteiger partial charge >= 0.3 is 0 Å². The van der Waals surface area contributed by atoms with Gasteiger partial charge in [-0.25, -0.2) is 4.98 Å². The molecule has 234 valence electrons. The molecule has 48 heavy (non-hydrogen) atoms. The standard InChI is InChI=1S/C43H36N4O/c1-30-25-32(31-11-6-5-7-12-31)17-20-39(30)46-24-23-45(29-46)34-13-10-14-35(27-34)48-36-18-19-38-37-15-8-9-16-40(37)47(41(38)28-36)42-26-33(21-22-44-42)43(2,3)4/h5-28H,1-4H3. The minimum absolute atomic E-state index is 0.0119. The first kappa shape index (κ1) is 29.5. The number of hydrogen-bond acceptors (Lipinski definition) is 2. The number of pyridine rings is 1. The maximum atomic E-state index is 6.51. The molecule has 0 amide bonds. The SMILES string of the molecule is Cc1cc(-c2ccccc2)ccc1-[n+]1[c-]n(-c2cccc(Oc3ccc4c5ccccc5n(-c5cc(C(C)(C)C)ccn5)c4c3)c2)cc1. The van der Waals surface area contributed by atoms with E-state index < -0.39 is 0 Å². The molecule has 0 atom stereocenters. The molecule has 0 fully saturated rings. The van der Waals surface area contributed by atoms with Crippen LogP contribution in [0.3, 0.4) is 0 Å². The summed E-state index contributed by atoms with van der Waals surface area (Å²) in [7, 11) is 0. The number of hydrogen-bond donors (Lipinski definition) is 0. The molecule has 0 saturated heterocycles. The number of imidazole rings is 1. The van der Waals surface area contributed by atoms with Crippen LogP contribution in [-0.2, 0) is 5.41 Å². The van der Waals surface area contributed by atoms with Crippen molar-refractivity contribution in [1.82, 2.24) is 14.1 Å². The normalized spacial score (nSPS) is 11.8. The number of aromatic nitrogens is 4. The van der Waals surface area contributed by atoms with Crippen molar-refractivity contribution >= 4 is 21.8 Å². The van der Waals surface area contributed by atoms with Crippen molar-refractivity contribution in [3.63, 3.8) is 0 Å². The van der Waals surface area contributed by atoms with Crippen LogP contribution >= 0.6 is 0 Å². The van der Waals surface area contributed by atoms with E-state index in [9.17, 15) is 0 Å². The Morgan fingerprint density at radius 2 is 1.48 bits per heavy atom. The fourth-order valence-electron chi connectivity index (χ4n) is 6.43. The lowest BCUT2D eigenvalue weighted by Gasteiger charge is -2.20. The summed E-state index contributed by atoms with van der Waals surface area (Å²) in [6.45, 7) is 8.83. The molecule has 0 unspecified atom stereocenters. The van der Waals surface area contributed by atoms with E-state index in [1.807, 2.05) is 58.1 Å². The predicted molar refractivity (Wildman–Crippen MR) is 194 cm³/mol. The first-order chi connectivity index (χ1) is 23.3. The van der Waals surface area contributed by atoms with E-state index in [0.717, 1.165) is 45.1 Å². The van der Waals surface area contributed by atoms with Gasteiger partial charge < -0.3 is 4.74 Å². The zero-order valence-corrected chi connectivity index (χ0v) is 27.6. The van der Waals surface area contributed by atoms with E-state index >= 15 is 0 Å². The Hall–Kier alpha value is -5.94. The minimum atomic E-state index is 0.0119. The Morgan fingerprint density at radius 1 is 0.688 bits per heavy atom. The summed E-state index contributed by atoms with van der Waals surface area (Å²) in [6.07, 6.45) is 9.45. The number of ether oxygens (including phenoxy) is 1. The number of aryl methyl sites for hydroxylation is 1. The molecule has 8 rings (SSSR count). The summed E-state index contributed by atoms with van der Waals surface area (Å²) in [5, 5.41) is 2.35. The van der Waals surface area contributed by atoms with Crippen LogP contribution in [0, 0.1) is 13.3 Å². The van der Waals surface area contributed by atoms with Crippen molar-refractivity contribution in [2.24, 2.45) is 0 Å². The number of fused-ring (bicyclic) bond motifs is 3. The lowest BCUT2D eigenvalue weighted by molar-refractivity contribution is -0.599. The van der Waals surface area contributed by atoms with Gasteiger partial charge in [-0.2, -0.15) is 0 Å². The van der Waals surface area contributed by atoms with E-state index in [1.165, 1.54) is 27.6 Å². The van der Waals surface area contributed by atoms with Crippen LogP contribution in [0.25, 0.3) is 50.1 Å². The van der Waals surface area contributed by atoms with Crippen molar-refractivity contribution < 1.29 is 9.30 Å². The summed E-state index contributed by atoms with van der Waals surface area (Å²) in [5.74, 6) is 2.41. The van der Waals surface area contributed by atoms with Crippen LogP contribution < -0.4 is 9.30 Å². The highest BCUT2D eigenvalue weighted by molar-refractivity contribution is 6.09. The van der Waals surface area contributed by atoms with Gasteiger partial charge in [0.15, 0.2) is 0 Å². The molecular formula is C43H36N4O. The quantitative estimate of drug-likeness (QED) is 0.136. The van der Waals surface area contributed by atoms with Gasteiger partial charge in [-0.1, -0.05) is 87.5 Å². The fraction of sp³-hybridized carbons (Fsp3) is 0.116. The van der Waals surface area contributed by atoms with E-state index in [2.05, 4.69) is 136 Å². The summed E-state index contributed by atoms with van der Waals surface area (Å²) < 4.78 is 12.8. The molecule has 8 aromatic rings. The van der Waals surface area contributed by atoms with Crippen LogP contribution in [0.15, 0.2) is 146 Å². The summed E-state index contributed by atoms with van der Waals surface area (Å²) in [4.78, 5) is 4.82. The van der Waals surface area contributed by atoms with Crippen LogP contribution in [0.2, 0.25) is 0 Å². The topological polar surface area (TPSA) is 35.9 Å². The Balaban J connectivity index is 1.11. The predicted octanol–water partition coefficient (Wildman–Crippen LogP) is 10.1. The third-order valence-electron chi connectivity index (χ3n) is 8.96. The summed E-state index contributed by atoms with van der Waals surface area (Å²) in [5.41, 5.74) is 9.07. The average Bonchev–Trinajstić information content (AvgIpc) is 3.72. The minimum Gasteiger partial charge on any atom is -0.458 e. The molecule has 5 aromatic carbocycles. The van der Waals surface area contributed by atoms with Gasteiger partial charge in [0, 0.05) is 35.4 Å². The lowest BCUT2D eigenvalue weighted by Crippen LogP contribution is -2.29. The smallest absolute Gasteiger partial charge is 0.268 e. The molecule has 0 saturated carbocycles. The van der Waals surface area contributed by atoms with Crippen molar-refractivity contribution in [3.8, 4) is 39.8 Å². The number of rotatable bonds is 6. The fourth-order valence-corrected chi connectivity index (χ4v) is 6.43. The Labute approximate surface area is 281 Å². The Kier molecular flexibility index (Phi) is 7.18. The monoisotopic (exact) mass is 624 g/mol. The average molecular weight is 625 g/mol. The van der Waals surface area contributed by atoms with Gasteiger partial charge in [0.1, 0.15) is 17.3 Å². The van der Waals surface area contributed by atoms with Crippen molar-refractivity contribution in [2.75, 3.05) is 0 Å². The second-order valence-corrected chi connectivity index (χ2v) is 13.3. The van der Waals surface area contributed by atoms with Gasteiger partial charge in [-0.05, 0) is 89.2 Å². The van der Waals surface area contributed by atoms with Gasteiger partial charge in [-0.15, -0.1) is 0 Å². The maximum Gasteiger partial charge on any atom is 0.268 e. The molecule has 0 aliphatic rings. The number of benzene rings is 5. The van der Waals surface area contributed by atoms with Crippen LogP contribution in [-0.4, -0.2) is 14.1 Å². The van der Waals surface area contributed by atoms with E-state index in [0.29, 0.717) is 0 Å². The molecule has 0 radical (unpaired) electrons. The zero-order chi connectivity index (χ0) is 32.8. The van der Waals surface area contributed by atoms with E-state index in [-0.39, 0.29) is 5.41 Å². The lowest BCUT2D eigenvalue weighted by atomic mass is 9.88. The first-order valence-electron chi connectivity index (χ1n) is 16.3. The van der Waals surface area contributed by atoms with E-state index in [4.69, 9.17) is 9.72 Å². The maximum absolute atomic E-state index is 6.51. The highest BCUT2D eigenvalue weighted by Gasteiger charge is 2.18. The van der Waals surface area contributed by atoms with Crippen LogP contribution in [0.1, 0.15) is 31.9 Å². The molecule has 0 aliphatic carbocycles. The highest BCUT2D eigenvalue weighted by atomic mass is 16.5. The van der Waals surface area contributed by atoms with Crippen molar-refractivity contribution in [1.29, 1.82) is 0 Å². The van der Waals surface area contributed by atoms with Crippen LogP contribution in [0.4, 0.5) is 0 Å². The second kappa shape index (κ2) is 11.7. The summed E-state index contributed by atoms with van der Waals surface area (Å²) in [6, 6.07) is 44.2. The molecule has 5 heteroatoms. The molecule has 0 aliphatic heterocycles. The number of para-hydroxylation sites is 1. The molecule has 0 bridgehead atoms. The van der Waals surface area contributed by atoms with Gasteiger partial charge in [0.2, 0.25) is 0 Å². The molecule has 3 aromatic heterocycles. The number of nitrogens with zero attached hydrogens (tertiary/aromatic N) is 4. The van der Waals surface area contributed by atoms with Crippen LogP contribution in [0.5, 0.6) is 11.5 Å². The molecule has 3 heterocycles. The highest BCUT2D eigenvalue weighted by Crippen LogP contribution is 2.36. The molecular weight excluding hydrogens is 589 g/mol. The van der Waals surface area contributed by atoms with Gasteiger partial charge in [-0.3, -0.25) is 13.7 Å². The molecule has 0 N–H and O–H groups in total. The molecule has 5 nitrogen and oxygen atoms in total. The third-order valence-corrected chi connectivity index (χ3v) is 8.96. The van der Waals surface area contributed by atoms with Gasteiger partial charge in [0.05, 0.1) is 22.4 Å².